The summed E-state index contributed by atoms with van der Waals surface area (Å²) < 4.78 is 30.5. The van der Waals surface area contributed by atoms with Crippen LogP contribution in [0.5, 0.6) is 0 Å². The lowest BCUT2D eigenvalue weighted by atomic mass is 9.68. The zero-order chi connectivity index (χ0) is 24.0. The number of hydrogen-bond acceptors (Lipinski definition) is 3. The fourth-order valence-electron chi connectivity index (χ4n) is 4.72. The number of carbonyl (C=O) groups is 2. The number of hydrogen-bond donors (Lipinski definition) is 2. The Hall–Kier alpha value is -2.22. The first-order valence-electron chi connectivity index (χ1n) is 9.96. The third kappa shape index (κ3) is 4.09. The van der Waals surface area contributed by atoms with Gasteiger partial charge in [0.15, 0.2) is 0 Å². The van der Waals surface area contributed by atoms with Crippen LogP contribution in [-0.2, 0) is 15.1 Å². The van der Waals surface area contributed by atoms with Crippen LogP contribution < -0.4 is 5.73 Å². The lowest BCUT2D eigenvalue weighted by Crippen LogP contribution is -2.53. The predicted molar refractivity (Wildman–Crippen MR) is 119 cm³/mol. The number of likely N-dealkylation sites (tertiary alicyclic amines) is 1. The maximum absolute atomic E-state index is 15.2. The fourth-order valence-corrected chi connectivity index (χ4v) is 5.06. The molecule has 4 atom stereocenters. The van der Waals surface area contributed by atoms with E-state index >= 15 is 8.78 Å². The number of benzene rings is 2. The second-order valence-electron chi connectivity index (χ2n) is 9.29. The van der Waals surface area contributed by atoms with Gasteiger partial charge >= 0.3 is 5.97 Å². The number of amides is 1. The number of nitrogens with zero attached hydrogens (tertiary/aromatic N) is 1. The van der Waals surface area contributed by atoms with Gasteiger partial charge in [0.2, 0.25) is 6.41 Å². The molecule has 0 aliphatic carbocycles. The highest BCUT2D eigenvalue weighted by molar-refractivity contribution is 6.31. The first-order chi connectivity index (χ1) is 14.8. The SMILES string of the molecule is CC(C)(C)CC1N(C=O)C(C(=O)O)C(c2cccc(Cl)c2F)C1(N)c1ccc(Cl)cc1F. The monoisotopic (exact) mass is 484 g/mol. The minimum Gasteiger partial charge on any atom is -0.480 e. The van der Waals surface area contributed by atoms with Gasteiger partial charge in [0, 0.05) is 16.5 Å². The third-order valence-electron chi connectivity index (χ3n) is 5.96. The Morgan fingerprint density at radius 1 is 1.25 bits per heavy atom. The number of carbonyl (C=O) groups excluding carboxylic acids is 1. The molecule has 1 amide bonds. The molecule has 0 radical (unpaired) electrons. The van der Waals surface area contributed by atoms with E-state index in [-0.39, 0.29) is 27.6 Å². The quantitative estimate of drug-likeness (QED) is 0.588. The van der Waals surface area contributed by atoms with Crippen molar-refractivity contribution in [2.75, 3.05) is 0 Å². The van der Waals surface area contributed by atoms with E-state index in [0.717, 1.165) is 11.0 Å². The van der Waals surface area contributed by atoms with E-state index in [9.17, 15) is 14.7 Å². The minimum absolute atomic E-state index is 0.0591. The lowest BCUT2D eigenvalue weighted by molar-refractivity contribution is -0.146. The van der Waals surface area contributed by atoms with Gasteiger partial charge in [0.05, 0.1) is 16.6 Å². The molecule has 2 aromatic rings. The highest BCUT2D eigenvalue weighted by Gasteiger charge is 2.62. The summed E-state index contributed by atoms with van der Waals surface area (Å²) in [4.78, 5) is 25.6. The maximum Gasteiger partial charge on any atom is 0.327 e. The molecule has 1 saturated heterocycles. The molecule has 3 N–H and O–H groups in total. The van der Waals surface area contributed by atoms with Gasteiger partial charge in [0.1, 0.15) is 17.7 Å². The Morgan fingerprint density at radius 2 is 1.91 bits per heavy atom. The highest BCUT2D eigenvalue weighted by atomic mass is 35.5. The highest BCUT2D eigenvalue weighted by Crippen LogP contribution is 2.53. The molecule has 0 bridgehead atoms. The summed E-state index contributed by atoms with van der Waals surface area (Å²) in [7, 11) is 0. The summed E-state index contributed by atoms with van der Waals surface area (Å²) >= 11 is 11.9. The summed E-state index contributed by atoms with van der Waals surface area (Å²) in [6, 6.07) is 5.47. The number of nitrogens with two attached hydrogens (primary N) is 1. The van der Waals surface area contributed by atoms with Gasteiger partial charge in [-0.15, -0.1) is 0 Å². The number of carboxylic acid groups (broad SMARTS) is 1. The molecule has 1 aliphatic rings. The van der Waals surface area contributed by atoms with Crippen LogP contribution >= 0.6 is 23.2 Å². The largest absolute Gasteiger partial charge is 0.480 e. The summed E-state index contributed by atoms with van der Waals surface area (Å²) in [5.41, 5.74) is 4.53. The summed E-state index contributed by atoms with van der Waals surface area (Å²) in [6.07, 6.45) is 0.611. The van der Waals surface area contributed by atoms with Gasteiger partial charge < -0.3 is 15.7 Å². The molecule has 1 aliphatic heterocycles. The first-order valence-corrected chi connectivity index (χ1v) is 10.7. The first kappa shape index (κ1) is 24.4. The number of carboxylic acids is 1. The van der Waals surface area contributed by atoms with E-state index in [1.54, 1.807) is 0 Å². The zero-order valence-corrected chi connectivity index (χ0v) is 19.3. The van der Waals surface area contributed by atoms with Crippen molar-refractivity contribution in [2.24, 2.45) is 11.1 Å². The molecule has 32 heavy (non-hydrogen) atoms. The molecule has 2 aromatic carbocycles. The average Bonchev–Trinajstić information content (AvgIpc) is 2.91. The van der Waals surface area contributed by atoms with Gasteiger partial charge in [0.25, 0.3) is 0 Å². The lowest BCUT2D eigenvalue weighted by Gasteiger charge is -2.40. The normalized spacial score (nSPS) is 25.8. The summed E-state index contributed by atoms with van der Waals surface area (Å²) in [6.45, 7) is 5.66. The Bertz CT molecular complexity index is 1060. The van der Waals surface area contributed by atoms with Crippen molar-refractivity contribution in [3.63, 3.8) is 0 Å². The molecule has 1 fully saturated rings. The van der Waals surface area contributed by atoms with E-state index in [1.807, 2.05) is 20.8 Å². The van der Waals surface area contributed by atoms with Gasteiger partial charge in [-0.25, -0.2) is 13.6 Å². The average molecular weight is 485 g/mol. The molecule has 5 nitrogen and oxygen atoms in total. The number of aliphatic carboxylic acids is 1. The Balaban J connectivity index is 2.41. The van der Waals surface area contributed by atoms with E-state index in [2.05, 4.69) is 0 Å². The second-order valence-corrected chi connectivity index (χ2v) is 10.1. The van der Waals surface area contributed by atoms with Crippen LogP contribution in [0.1, 0.15) is 44.2 Å². The van der Waals surface area contributed by atoms with Crippen molar-refractivity contribution in [3.8, 4) is 0 Å². The van der Waals surface area contributed by atoms with E-state index in [0.29, 0.717) is 6.41 Å². The number of halogens is 4. The van der Waals surface area contributed by atoms with Crippen molar-refractivity contribution in [1.29, 1.82) is 0 Å². The minimum atomic E-state index is -1.79. The van der Waals surface area contributed by atoms with Gasteiger partial charge in [-0.3, -0.25) is 4.79 Å². The van der Waals surface area contributed by atoms with Crippen molar-refractivity contribution in [3.05, 3.63) is 69.2 Å². The standard InChI is InChI=1S/C23H24Cl2F2N2O3/c1-22(2,3)10-17-23(28,14-8-7-12(24)9-16(14)26)18(20(21(31)32)29(17)11-30)13-5-4-6-15(25)19(13)27/h4-9,11,17-18,20H,10,28H2,1-3H3,(H,31,32). The molecule has 9 heteroatoms. The second kappa shape index (κ2) is 8.61. The molecular weight excluding hydrogens is 461 g/mol. The van der Waals surface area contributed by atoms with E-state index < -0.39 is 46.6 Å². The summed E-state index contributed by atoms with van der Waals surface area (Å²) in [5, 5.41) is 9.97. The van der Waals surface area contributed by atoms with Crippen LogP contribution in [0, 0.1) is 17.0 Å². The van der Waals surface area contributed by atoms with Crippen LogP contribution in [0.25, 0.3) is 0 Å². The third-order valence-corrected chi connectivity index (χ3v) is 6.48. The van der Waals surface area contributed by atoms with Gasteiger partial charge in [-0.1, -0.05) is 62.2 Å². The van der Waals surface area contributed by atoms with Crippen LogP contribution in [-0.4, -0.2) is 34.5 Å². The molecule has 3 rings (SSSR count). The summed E-state index contributed by atoms with van der Waals surface area (Å²) in [5.74, 6) is -4.35. The van der Waals surface area contributed by atoms with Crippen LogP contribution in [0.2, 0.25) is 10.0 Å². The fraction of sp³-hybridized carbons (Fsp3) is 0.391. The van der Waals surface area contributed by atoms with Crippen molar-refractivity contribution >= 4 is 35.6 Å². The van der Waals surface area contributed by atoms with E-state index in [4.69, 9.17) is 28.9 Å². The van der Waals surface area contributed by atoms with Crippen molar-refractivity contribution in [1.82, 2.24) is 4.90 Å². The molecular formula is C23H24Cl2F2N2O3. The van der Waals surface area contributed by atoms with E-state index in [1.165, 1.54) is 30.3 Å². The van der Waals surface area contributed by atoms with Gasteiger partial charge in [-0.05, 0) is 35.6 Å². The molecule has 0 saturated carbocycles. The topological polar surface area (TPSA) is 83.6 Å². The van der Waals surface area contributed by atoms with Crippen molar-refractivity contribution < 1.29 is 23.5 Å². The molecule has 172 valence electrons. The zero-order valence-electron chi connectivity index (χ0n) is 17.8. The Labute approximate surface area is 195 Å². The van der Waals surface area contributed by atoms with Crippen LogP contribution in [0.4, 0.5) is 8.78 Å². The van der Waals surface area contributed by atoms with Crippen LogP contribution in [0.15, 0.2) is 36.4 Å². The van der Waals surface area contributed by atoms with Crippen LogP contribution in [0.3, 0.4) is 0 Å². The molecule has 0 spiro atoms. The molecule has 4 unspecified atom stereocenters. The smallest absolute Gasteiger partial charge is 0.327 e. The molecule has 0 aromatic heterocycles. The van der Waals surface area contributed by atoms with Gasteiger partial charge in [-0.2, -0.15) is 0 Å². The van der Waals surface area contributed by atoms with Crippen molar-refractivity contribution in [2.45, 2.75) is 50.7 Å². The predicted octanol–water partition coefficient (Wildman–Crippen LogP) is 4.94. The Morgan fingerprint density at radius 3 is 2.44 bits per heavy atom. The maximum atomic E-state index is 15.2. The Kier molecular flexibility index (Phi) is 6.57. The number of rotatable bonds is 5. The molecule has 1 heterocycles.